The Morgan fingerprint density at radius 3 is 3.08 bits per heavy atom. The highest BCUT2D eigenvalue weighted by Gasteiger charge is 2.52. The largest absolute Gasteiger partial charge is 0.315 e. The number of thioether (sulfide) groups is 1. The molecule has 2 aromatic rings. The van der Waals surface area contributed by atoms with Crippen molar-refractivity contribution in [1.82, 2.24) is 14.7 Å². The van der Waals surface area contributed by atoms with Crippen LogP contribution in [-0.2, 0) is 16.1 Å². The van der Waals surface area contributed by atoms with Crippen molar-refractivity contribution in [2.75, 3.05) is 11.1 Å². The number of anilines is 1. The predicted octanol–water partition coefficient (Wildman–Crippen LogP) is 2.63. The number of amides is 2. The fourth-order valence-electron chi connectivity index (χ4n) is 3.77. The molecule has 2 atom stereocenters. The van der Waals surface area contributed by atoms with Gasteiger partial charge in [-0.05, 0) is 25.8 Å². The Balaban J connectivity index is 1.49. The van der Waals surface area contributed by atoms with Gasteiger partial charge in [0.05, 0.1) is 17.6 Å². The number of fused-ring (bicyclic) bond motifs is 1. The molecule has 2 saturated heterocycles. The average molecular weight is 370 g/mol. The molecule has 136 valence electrons. The molecule has 2 amide bonds. The third-order valence-electron chi connectivity index (χ3n) is 5.13. The third-order valence-corrected chi connectivity index (χ3v) is 6.64. The van der Waals surface area contributed by atoms with Crippen LogP contribution < -0.4 is 5.32 Å². The summed E-state index contributed by atoms with van der Waals surface area (Å²) in [6.07, 6.45) is 3.02. The van der Waals surface area contributed by atoms with E-state index in [1.54, 1.807) is 33.6 Å². The Kier molecular flexibility index (Phi) is 4.26. The molecule has 1 N–H and O–H groups in total. The molecule has 6 nitrogen and oxygen atoms in total. The molecule has 4 rings (SSSR count). The van der Waals surface area contributed by atoms with Crippen molar-refractivity contribution in [2.24, 2.45) is 0 Å². The minimum atomic E-state index is -0.415. The number of carbonyl (C=O) groups is 2. The zero-order chi connectivity index (χ0) is 18.3. The highest BCUT2D eigenvalue weighted by Crippen LogP contribution is 2.47. The van der Waals surface area contributed by atoms with Gasteiger partial charge in [0.2, 0.25) is 11.8 Å². The van der Waals surface area contributed by atoms with E-state index in [2.05, 4.69) is 36.4 Å². The van der Waals surface area contributed by atoms with Crippen molar-refractivity contribution >= 4 is 29.4 Å². The summed E-state index contributed by atoms with van der Waals surface area (Å²) in [7, 11) is 0. The minimum absolute atomic E-state index is 0.0749. The van der Waals surface area contributed by atoms with Gasteiger partial charge in [-0.15, -0.1) is 11.8 Å². The van der Waals surface area contributed by atoms with E-state index in [1.807, 2.05) is 12.1 Å². The molecule has 3 heterocycles. The number of benzene rings is 1. The van der Waals surface area contributed by atoms with Gasteiger partial charge in [-0.3, -0.25) is 9.59 Å². The molecule has 1 aromatic carbocycles. The number of aryl methyl sites for hydroxylation is 1. The molecule has 2 fully saturated rings. The molecule has 7 heteroatoms. The molecule has 0 radical (unpaired) electrons. The summed E-state index contributed by atoms with van der Waals surface area (Å²) in [5, 5.41) is 7.30. The third kappa shape index (κ3) is 3.00. The van der Waals surface area contributed by atoms with Crippen molar-refractivity contribution in [3.63, 3.8) is 0 Å². The fourth-order valence-corrected chi connectivity index (χ4v) is 5.20. The molecule has 26 heavy (non-hydrogen) atoms. The molecule has 0 bridgehead atoms. The van der Waals surface area contributed by atoms with E-state index in [9.17, 15) is 9.59 Å². The van der Waals surface area contributed by atoms with E-state index >= 15 is 0 Å². The lowest BCUT2D eigenvalue weighted by atomic mass is 10.1. The lowest BCUT2D eigenvalue weighted by molar-refractivity contribution is -0.135. The molecule has 2 aliphatic rings. The van der Waals surface area contributed by atoms with Crippen LogP contribution >= 0.6 is 11.8 Å². The summed E-state index contributed by atoms with van der Waals surface area (Å²) in [6.45, 7) is 4.69. The second-order valence-corrected chi connectivity index (χ2v) is 8.62. The lowest BCUT2D eigenvalue weighted by Crippen LogP contribution is -2.48. The van der Waals surface area contributed by atoms with Crippen LogP contribution in [0.2, 0.25) is 0 Å². The Morgan fingerprint density at radius 1 is 1.42 bits per heavy atom. The number of carbonyl (C=O) groups excluding carboxylic acids is 2. The maximum absolute atomic E-state index is 12.8. The second-order valence-electron chi connectivity index (χ2n) is 7.12. The number of nitrogens with one attached hydrogen (secondary N) is 1. The van der Waals surface area contributed by atoms with Gasteiger partial charge in [0.25, 0.3) is 0 Å². The van der Waals surface area contributed by atoms with Gasteiger partial charge in [0.15, 0.2) is 0 Å². The van der Waals surface area contributed by atoms with Crippen molar-refractivity contribution in [1.29, 1.82) is 0 Å². The Hall–Kier alpha value is -2.28. The van der Waals surface area contributed by atoms with E-state index in [0.717, 1.165) is 12.0 Å². The van der Waals surface area contributed by atoms with E-state index < -0.39 is 6.04 Å². The summed E-state index contributed by atoms with van der Waals surface area (Å²) >= 11 is 1.70. The first kappa shape index (κ1) is 17.1. The monoisotopic (exact) mass is 370 g/mol. The van der Waals surface area contributed by atoms with Crippen LogP contribution in [0.4, 0.5) is 5.82 Å². The molecule has 2 aliphatic heterocycles. The van der Waals surface area contributed by atoms with Crippen LogP contribution in [0.3, 0.4) is 0 Å². The Morgan fingerprint density at radius 2 is 2.27 bits per heavy atom. The number of aromatic nitrogens is 2. The highest BCUT2D eigenvalue weighted by molar-refractivity contribution is 8.01. The van der Waals surface area contributed by atoms with Gasteiger partial charge in [-0.1, -0.05) is 29.8 Å². The van der Waals surface area contributed by atoms with Crippen molar-refractivity contribution in [2.45, 2.75) is 44.1 Å². The van der Waals surface area contributed by atoms with Crippen LogP contribution in [0.15, 0.2) is 36.5 Å². The van der Waals surface area contributed by atoms with Gasteiger partial charge < -0.3 is 10.2 Å². The zero-order valence-corrected chi connectivity index (χ0v) is 15.8. The summed E-state index contributed by atoms with van der Waals surface area (Å²) in [4.78, 5) is 26.6. The number of nitrogens with zero attached hydrogens (tertiary/aromatic N) is 3. The van der Waals surface area contributed by atoms with Crippen LogP contribution in [0.25, 0.3) is 0 Å². The molecule has 2 unspecified atom stereocenters. The van der Waals surface area contributed by atoms with E-state index in [-0.39, 0.29) is 16.7 Å². The molecular weight excluding hydrogens is 348 g/mol. The predicted molar refractivity (Wildman–Crippen MR) is 102 cm³/mol. The van der Waals surface area contributed by atoms with E-state index in [4.69, 9.17) is 0 Å². The van der Waals surface area contributed by atoms with E-state index in [0.29, 0.717) is 24.5 Å². The smallest absolute Gasteiger partial charge is 0.249 e. The number of hydrogen-bond acceptors (Lipinski definition) is 4. The lowest BCUT2D eigenvalue weighted by Gasteiger charge is -2.29. The zero-order valence-electron chi connectivity index (χ0n) is 14.9. The summed E-state index contributed by atoms with van der Waals surface area (Å²) in [5.41, 5.74) is 2.32. The first-order chi connectivity index (χ1) is 12.5. The van der Waals surface area contributed by atoms with E-state index in [1.165, 1.54) is 5.56 Å². The fraction of sp³-hybridized carbons (Fsp3) is 0.421. The Labute approximate surface area is 156 Å². The quantitative estimate of drug-likeness (QED) is 0.898. The van der Waals surface area contributed by atoms with Gasteiger partial charge in [0.1, 0.15) is 11.9 Å². The molecule has 0 spiro atoms. The number of rotatable bonds is 4. The topological polar surface area (TPSA) is 67.2 Å². The van der Waals surface area contributed by atoms with Crippen molar-refractivity contribution in [3.05, 3.63) is 47.7 Å². The van der Waals surface area contributed by atoms with Gasteiger partial charge >= 0.3 is 0 Å². The second kappa shape index (κ2) is 6.46. The van der Waals surface area contributed by atoms with Crippen LogP contribution in [0.1, 0.15) is 30.9 Å². The summed E-state index contributed by atoms with van der Waals surface area (Å²) in [5.74, 6) is 1.23. The van der Waals surface area contributed by atoms with Crippen LogP contribution in [0, 0.1) is 6.92 Å². The first-order valence-electron chi connectivity index (χ1n) is 8.81. The van der Waals surface area contributed by atoms with Crippen molar-refractivity contribution in [3.8, 4) is 0 Å². The Bertz CT molecular complexity index is 865. The molecule has 0 saturated carbocycles. The summed E-state index contributed by atoms with van der Waals surface area (Å²) in [6, 6.07) is 9.60. The normalized spacial score (nSPS) is 24.8. The minimum Gasteiger partial charge on any atom is -0.315 e. The van der Waals surface area contributed by atoms with Crippen molar-refractivity contribution < 1.29 is 9.59 Å². The maximum atomic E-state index is 12.8. The standard InChI is InChI=1S/C19H22N4O2S/c1-13-4-3-5-14(10-13)11-22-16(7-9-20-22)21-18(25)15-12-26-19(2)8-6-17(24)23(15)19/h3-5,7,9-10,15H,6,8,11-12H2,1-2H3,(H,21,25). The molecular formula is C19H22N4O2S. The van der Waals surface area contributed by atoms with Gasteiger partial charge in [-0.2, -0.15) is 5.10 Å². The van der Waals surface area contributed by atoms with Crippen LogP contribution in [-0.4, -0.2) is 43.2 Å². The highest BCUT2D eigenvalue weighted by atomic mass is 32.2. The maximum Gasteiger partial charge on any atom is 0.249 e. The number of hydrogen-bond donors (Lipinski definition) is 1. The SMILES string of the molecule is Cc1cccc(Cn2nccc2NC(=O)C2CSC3(C)CCC(=O)N23)c1. The van der Waals surface area contributed by atoms with Crippen LogP contribution in [0.5, 0.6) is 0 Å². The van der Waals surface area contributed by atoms with Gasteiger partial charge in [-0.25, -0.2) is 4.68 Å². The first-order valence-corrected chi connectivity index (χ1v) is 9.79. The molecule has 0 aliphatic carbocycles. The average Bonchev–Trinajstić information content (AvgIpc) is 3.25. The molecule has 1 aromatic heterocycles. The van der Waals surface area contributed by atoms with Gasteiger partial charge in [0, 0.05) is 18.2 Å². The summed E-state index contributed by atoms with van der Waals surface area (Å²) < 4.78 is 1.78.